The number of hydrogen-bond acceptors (Lipinski definition) is 6. The molecule has 0 aliphatic carbocycles. The summed E-state index contributed by atoms with van der Waals surface area (Å²) in [6.07, 6.45) is 0. The number of anilines is 4. The minimum absolute atomic E-state index is 0.245. The van der Waals surface area contributed by atoms with E-state index in [0.717, 1.165) is 0 Å². The van der Waals surface area contributed by atoms with Crippen molar-refractivity contribution < 1.29 is 28.7 Å². The third kappa shape index (κ3) is 6.60. The maximum absolute atomic E-state index is 12.8. The number of ether oxygens (including phenoxy) is 2. The number of carbonyl (C=O) groups excluding carboxylic acids is 4. The number of nitrogens with one attached hydrogen (secondary N) is 4. The van der Waals surface area contributed by atoms with Gasteiger partial charge in [-0.2, -0.15) is 0 Å². The van der Waals surface area contributed by atoms with E-state index >= 15 is 0 Å². The Morgan fingerprint density at radius 2 is 0.917 bits per heavy atom. The van der Waals surface area contributed by atoms with Gasteiger partial charge in [-0.05, 0) is 60.7 Å². The standard InChI is InChI=1S/C26H26N4O6/c1-15(31)27-19-9-11-23(35-3)21(13-19)29-25(33)17-5-7-18(8-6-17)26(34)30-22-14-20(28-16(2)32)10-12-24(22)36-4/h5-14H,1-4H3,(H,27,31)(H,28,32)(H,29,33)(H,30,34). The van der Waals surface area contributed by atoms with E-state index in [2.05, 4.69) is 21.3 Å². The quantitative estimate of drug-likeness (QED) is 0.375. The smallest absolute Gasteiger partial charge is 0.255 e. The molecule has 10 nitrogen and oxygen atoms in total. The molecule has 4 amide bonds. The summed E-state index contributed by atoms with van der Waals surface area (Å²) in [7, 11) is 2.94. The van der Waals surface area contributed by atoms with Crippen molar-refractivity contribution in [1.82, 2.24) is 0 Å². The van der Waals surface area contributed by atoms with Gasteiger partial charge in [-0.1, -0.05) is 0 Å². The Labute approximate surface area is 208 Å². The van der Waals surface area contributed by atoms with Gasteiger partial charge in [0.15, 0.2) is 0 Å². The molecule has 0 radical (unpaired) electrons. The summed E-state index contributed by atoms with van der Waals surface area (Å²) in [5.74, 6) is -0.501. The average Bonchev–Trinajstić information content (AvgIpc) is 2.84. The highest BCUT2D eigenvalue weighted by atomic mass is 16.5. The highest BCUT2D eigenvalue weighted by molar-refractivity contribution is 6.08. The van der Waals surface area contributed by atoms with E-state index in [9.17, 15) is 19.2 Å². The predicted octanol–water partition coefficient (Wildman–Crippen LogP) is 4.13. The van der Waals surface area contributed by atoms with Gasteiger partial charge in [0, 0.05) is 36.3 Å². The molecule has 4 N–H and O–H groups in total. The van der Waals surface area contributed by atoms with Gasteiger partial charge in [0.25, 0.3) is 11.8 Å². The lowest BCUT2D eigenvalue weighted by atomic mass is 10.1. The number of carbonyl (C=O) groups is 4. The first-order valence-corrected chi connectivity index (χ1v) is 10.8. The Balaban J connectivity index is 1.74. The van der Waals surface area contributed by atoms with Crippen molar-refractivity contribution in [2.24, 2.45) is 0 Å². The van der Waals surface area contributed by atoms with Gasteiger partial charge in [0.05, 0.1) is 25.6 Å². The molecule has 36 heavy (non-hydrogen) atoms. The van der Waals surface area contributed by atoms with Crippen molar-refractivity contribution in [2.45, 2.75) is 13.8 Å². The Bertz CT molecular complexity index is 1200. The highest BCUT2D eigenvalue weighted by Crippen LogP contribution is 2.29. The Morgan fingerprint density at radius 1 is 0.556 bits per heavy atom. The minimum atomic E-state index is -0.426. The number of hydrogen-bond donors (Lipinski definition) is 4. The number of methoxy groups -OCH3 is 2. The Hall–Kier alpha value is -4.86. The van der Waals surface area contributed by atoms with E-state index in [-0.39, 0.29) is 11.8 Å². The second-order valence-electron chi connectivity index (χ2n) is 7.68. The summed E-state index contributed by atoms with van der Waals surface area (Å²) in [5, 5.41) is 10.8. The lowest BCUT2D eigenvalue weighted by Gasteiger charge is -2.13. The van der Waals surface area contributed by atoms with Crippen LogP contribution in [0.4, 0.5) is 22.7 Å². The SMILES string of the molecule is COc1ccc(NC(C)=O)cc1NC(=O)c1ccc(C(=O)Nc2cc(NC(C)=O)ccc2OC)cc1. The second-order valence-corrected chi connectivity index (χ2v) is 7.68. The maximum atomic E-state index is 12.8. The van der Waals surface area contributed by atoms with Gasteiger partial charge in [0.1, 0.15) is 11.5 Å². The largest absolute Gasteiger partial charge is 0.495 e. The third-order valence-electron chi connectivity index (χ3n) is 4.95. The third-order valence-corrected chi connectivity index (χ3v) is 4.95. The van der Waals surface area contributed by atoms with Crippen LogP contribution in [0.25, 0.3) is 0 Å². The molecule has 10 heteroatoms. The number of benzene rings is 3. The lowest BCUT2D eigenvalue weighted by molar-refractivity contribution is -0.115. The fraction of sp³-hybridized carbons (Fsp3) is 0.154. The molecule has 3 rings (SSSR count). The van der Waals surface area contributed by atoms with Gasteiger partial charge in [-0.15, -0.1) is 0 Å². The molecule has 0 atom stereocenters. The first-order valence-electron chi connectivity index (χ1n) is 10.8. The molecule has 0 bridgehead atoms. The molecule has 0 spiro atoms. The van der Waals surface area contributed by atoms with E-state index in [1.165, 1.54) is 52.3 Å². The lowest BCUT2D eigenvalue weighted by Crippen LogP contribution is -2.15. The molecule has 0 heterocycles. The first-order chi connectivity index (χ1) is 17.2. The van der Waals surface area contributed by atoms with Gasteiger partial charge in [-0.25, -0.2) is 0 Å². The van der Waals surface area contributed by atoms with Crippen molar-refractivity contribution in [3.05, 3.63) is 71.8 Å². The molecule has 3 aromatic rings. The molecule has 0 aromatic heterocycles. The molecule has 0 saturated carbocycles. The van der Waals surface area contributed by atoms with E-state index in [0.29, 0.717) is 45.4 Å². The number of amides is 4. The zero-order chi connectivity index (χ0) is 26.2. The predicted molar refractivity (Wildman–Crippen MR) is 137 cm³/mol. The van der Waals surface area contributed by atoms with Crippen LogP contribution in [0.3, 0.4) is 0 Å². The van der Waals surface area contributed by atoms with Crippen LogP contribution in [0.1, 0.15) is 34.6 Å². The summed E-state index contributed by atoms with van der Waals surface area (Å²) in [4.78, 5) is 48.3. The minimum Gasteiger partial charge on any atom is -0.495 e. The summed E-state index contributed by atoms with van der Waals surface area (Å²) < 4.78 is 10.6. The molecule has 186 valence electrons. The fourth-order valence-corrected chi connectivity index (χ4v) is 3.34. The van der Waals surface area contributed by atoms with Crippen LogP contribution in [-0.4, -0.2) is 37.8 Å². The van der Waals surface area contributed by atoms with E-state index in [1.54, 1.807) is 36.4 Å². The second kappa shape index (κ2) is 11.5. The Morgan fingerprint density at radius 3 is 1.22 bits per heavy atom. The summed E-state index contributed by atoms with van der Waals surface area (Å²) in [6, 6.07) is 15.8. The molecule has 3 aromatic carbocycles. The summed E-state index contributed by atoms with van der Waals surface area (Å²) in [6.45, 7) is 2.77. The normalized spacial score (nSPS) is 10.1. The van der Waals surface area contributed by atoms with Gasteiger partial charge in [0.2, 0.25) is 11.8 Å². The molecule has 0 aliphatic heterocycles. The number of rotatable bonds is 8. The van der Waals surface area contributed by atoms with Crippen LogP contribution in [0, 0.1) is 0 Å². The van der Waals surface area contributed by atoms with Crippen molar-refractivity contribution in [2.75, 3.05) is 35.5 Å². The van der Waals surface area contributed by atoms with Crippen LogP contribution >= 0.6 is 0 Å². The van der Waals surface area contributed by atoms with Crippen molar-refractivity contribution in [3.63, 3.8) is 0 Å². The van der Waals surface area contributed by atoms with Crippen LogP contribution < -0.4 is 30.7 Å². The van der Waals surface area contributed by atoms with Crippen molar-refractivity contribution >= 4 is 46.4 Å². The zero-order valence-corrected chi connectivity index (χ0v) is 20.2. The summed E-state index contributed by atoms with van der Waals surface area (Å²) >= 11 is 0. The van der Waals surface area contributed by atoms with Gasteiger partial charge in [-0.3, -0.25) is 19.2 Å². The van der Waals surface area contributed by atoms with Crippen LogP contribution in [0.15, 0.2) is 60.7 Å². The van der Waals surface area contributed by atoms with Crippen molar-refractivity contribution in [3.8, 4) is 11.5 Å². The van der Waals surface area contributed by atoms with E-state index in [1.807, 2.05) is 0 Å². The topological polar surface area (TPSA) is 135 Å². The monoisotopic (exact) mass is 490 g/mol. The molecular formula is C26H26N4O6. The molecule has 0 fully saturated rings. The van der Waals surface area contributed by atoms with Crippen LogP contribution in [0.5, 0.6) is 11.5 Å². The van der Waals surface area contributed by atoms with Crippen molar-refractivity contribution in [1.29, 1.82) is 0 Å². The van der Waals surface area contributed by atoms with E-state index in [4.69, 9.17) is 9.47 Å². The zero-order valence-electron chi connectivity index (χ0n) is 20.2. The maximum Gasteiger partial charge on any atom is 0.255 e. The highest BCUT2D eigenvalue weighted by Gasteiger charge is 2.14. The van der Waals surface area contributed by atoms with Gasteiger partial charge >= 0.3 is 0 Å². The molecule has 0 unspecified atom stereocenters. The first kappa shape index (κ1) is 25.8. The molecule has 0 aliphatic rings. The van der Waals surface area contributed by atoms with Crippen LogP contribution in [0.2, 0.25) is 0 Å². The molecule has 0 saturated heterocycles. The fourth-order valence-electron chi connectivity index (χ4n) is 3.34. The van der Waals surface area contributed by atoms with E-state index < -0.39 is 11.8 Å². The van der Waals surface area contributed by atoms with Crippen LogP contribution in [-0.2, 0) is 9.59 Å². The average molecular weight is 491 g/mol. The molecular weight excluding hydrogens is 464 g/mol. The van der Waals surface area contributed by atoms with Gasteiger partial charge < -0.3 is 30.7 Å². The Kier molecular flexibility index (Phi) is 8.24. The summed E-state index contributed by atoms with van der Waals surface area (Å²) in [5.41, 5.74) is 2.38.